The van der Waals surface area contributed by atoms with Crippen LogP contribution in [0.25, 0.3) is 11.3 Å². The molecule has 0 bridgehead atoms. The normalized spacial score (nSPS) is 12.0. The van der Waals surface area contributed by atoms with Crippen LogP contribution in [0.2, 0.25) is 0 Å². The lowest BCUT2D eigenvalue weighted by molar-refractivity contribution is 0.104. The first-order chi connectivity index (χ1) is 10.1. The van der Waals surface area contributed by atoms with E-state index in [1.165, 1.54) is 10.8 Å². The van der Waals surface area contributed by atoms with E-state index in [-0.39, 0.29) is 16.9 Å². The van der Waals surface area contributed by atoms with Crippen LogP contribution >= 0.6 is 0 Å². The van der Waals surface area contributed by atoms with Gasteiger partial charge in [-0.15, -0.1) is 0 Å². The van der Waals surface area contributed by atoms with Gasteiger partial charge in [-0.25, -0.2) is 4.68 Å². The Bertz CT molecular complexity index is 762. The quantitative estimate of drug-likeness (QED) is 0.690. The SMILES string of the molecule is C/C=C/C(=O)c1c(/C(C)=C/C)[nH]n(-c2ccccc2)c1=O. The standard InChI is InChI=1S/C17H18N2O2/c1-4-9-14(20)15-16(12(3)5-2)18-19(17(15)21)13-10-7-6-8-11-13/h4-11,18H,1-3H3/b9-4+,12-5+. The molecule has 1 N–H and O–H groups in total. The number of hydrogen-bond donors (Lipinski definition) is 1. The van der Waals surface area contributed by atoms with Gasteiger partial charge in [0.1, 0.15) is 5.56 Å². The molecule has 0 aliphatic rings. The molecule has 0 saturated heterocycles. The zero-order chi connectivity index (χ0) is 15.4. The minimum absolute atomic E-state index is 0.174. The Morgan fingerprint density at radius 2 is 1.86 bits per heavy atom. The van der Waals surface area contributed by atoms with Gasteiger partial charge in [-0.1, -0.05) is 30.4 Å². The summed E-state index contributed by atoms with van der Waals surface area (Å²) >= 11 is 0. The molecule has 1 heterocycles. The summed E-state index contributed by atoms with van der Waals surface area (Å²) in [6.07, 6.45) is 4.91. The smallest absolute Gasteiger partial charge is 0.283 e. The van der Waals surface area contributed by atoms with Crippen molar-refractivity contribution in [3.63, 3.8) is 0 Å². The Hall–Kier alpha value is -2.62. The second kappa shape index (κ2) is 6.22. The van der Waals surface area contributed by atoms with Crippen LogP contribution in [0.1, 0.15) is 36.8 Å². The molecule has 0 amide bonds. The van der Waals surface area contributed by atoms with Crippen LogP contribution in [-0.4, -0.2) is 15.6 Å². The molecular formula is C17H18N2O2. The van der Waals surface area contributed by atoms with Gasteiger partial charge in [0, 0.05) is 0 Å². The minimum Gasteiger partial charge on any atom is -0.290 e. The van der Waals surface area contributed by atoms with E-state index in [0.29, 0.717) is 11.4 Å². The van der Waals surface area contributed by atoms with Crippen LogP contribution in [0.3, 0.4) is 0 Å². The fraction of sp³-hybridized carbons (Fsp3) is 0.176. The zero-order valence-corrected chi connectivity index (χ0v) is 12.4. The predicted molar refractivity (Wildman–Crippen MR) is 84.9 cm³/mol. The van der Waals surface area contributed by atoms with Crippen LogP contribution in [0.4, 0.5) is 0 Å². The number of benzene rings is 1. The van der Waals surface area contributed by atoms with Crippen molar-refractivity contribution in [1.82, 2.24) is 9.78 Å². The maximum absolute atomic E-state index is 12.6. The lowest BCUT2D eigenvalue weighted by atomic mass is 10.1. The Morgan fingerprint density at radius 1 is 1.19 bits per heavy atom. The van der Waals surface area contributed by atoms with Crippen molar-refractivity contribution in [2.75, 3.05) is 0 Å². The molecule has 0 spiro atoms. The molecule has 0 unspecified atom stereocenters. The fourth-order valence-corrected chi connectivity index (χ4v) is 2.09. The van der Waals surface area contributed by atoms with Gasteiger partial charge < -0.3 is 0 Å². The summed E-state index contributed by atoms with van der Waals surface area (Å²) in [4.78, 5) is 24.8. The van der Waals surface area contributed by atoms with Gasteiger partial charge in [0.2, 0.25) is 0 Å². The Balaban J connectivity index is 2.72. The van der Waals surface area contributed by atoms with Gasteiger partial charge in [-0.3, -0.25) is 14.7 Å². The Morgan fingerprint density at radius 3 is 2.43 bits per heavy atom. The highest BCUT2D eigenvalue weighted by molar-refractivity contribution is 6.07. The first-order valence-corrected chi connectivity index (χ1v) is 6.81. The molecule has 0 radical (unpaired) electrons. The van der Waals surface area contributed by atoms with Crippen LogP contribution < -0.4 is 5.56 Å². The molecule has 1 aromatic heterocycles. The number of aromatic nitrogens is 2. The minimum atomic E-state index is -0.333. The summed E-state index contributed by atoms with van der Waals surface area (Å²) in [6.45, 7) is 5.49. The predicted octanol–water partition coefficient (Wildman–Crippen LogP) is 3.35. The maximum Gasteiger partial charge on any atom is 0.283 e. The van der Waals surface area contributed by atoms with Crippen LogP contribution in [0.5, 0.6) is 0 Å². The summed E-state index contributed by atoms with van der Waals surface area (Å²) in [6, 6.07) is 9.20. The summed E-state index contributed by atoms with van der Waals surface area (Å²) in [7, 11) is 0. The van der Waals surface area contributed by atoms with Crippen molar-refractivity contribution in [1.29, 1.82) is 0 Å². The van der Waals surface area contributed by atoms with Crippen LogP contribution in [-0.2, 0) is 0 Å². The second-order valence-electron chi connectivity index (χ2n) is 4.67. The van der Waals surface area contributed by atoms with Crippen molar-refractivity contribution < 1.29 is 4.79 Å². The molecule has 0 atom stereocenters. The monoisotopic (exact) mass is 282 g/mol. The van der Waals surface area contributed by atoms with E-state index < -0.39 is 0 Å². The van der Waals surface area contributed by atoms with Gasteiger partial charge in [-0.2, -0.15) is 0 Å². The maximum atomic E-state index is 12.6. The molecule has 0 fully saturated rings. The molecule has 1 aromatic carbocycles. The lowest BCUT2D eigenvalue weighted by Crippen LogP contribution is -2.19. The lowest BCUT2D eigenvalue weighted by Gasteiger charge is -2.01. The average molecular weight is 282 g/mol. The highest BCUT2D eigenvalue weighted by Crippen LogP contribution is 2.16. The van der Waals surface area contributed by atoms with Crippen LogP contribution in [0, 0.1) is 0 Å². The zero-order valence-electron chi connectivity index (χ0n) is 12.4. The molecule has 4 heteroatoms. The Labute approximate surface area is 123 Å². The van der Waals surface area contributed by atoms with E-state index in [9.17, 15) is 9.59 Å². The average Bonchev–Trinajstić information content (AvgIpc) is 2.85. The van der Waals surface area contributed by atoms with Crippen molar-refractivity contribution in [2.24, 2.45) is 0 Å². The highest BCUT2D eigenvalue weighted by Gasteiger charge is 2.20. The number of hydrogen-bond acceptors (Lipinski definition) is 2. The number of H-pyrrole nitrogens is 1. The topological polar surface area (TPSA) is 54.9 Å². The number of nitrogens with one attached hydrogen (secondary N) is 1. The largest absolute Gasteiger partial charge is 0.290 e. The fourth-order valence-electron chi connectivity index (χ4n) is 2.09. The second-order valence-corrected chi connectivity index (χ2v) is 4.67. The summed E-state index contributed by atoms with van der Waals surface area (Å²) in [5.74, 6) is -0.287. The van der Waals surface area contributed by atoms with Gasteiger partial charge in [0.05, 0.1) is 11.4 Å². The molecule has 4 nitrogen and oxygen atoms in total. The number of nitrogens with zero attached hydrogens (tertiary/aromatic N) is 1. The summed E-state index contributed by atoms with van der Waals surface area (Å²) < 4.78 is 1.40. The first-order valence-electron chi connectivity index (χ1n) is 6.81. The van der Waals surface area contributed by atoms with E-state index in [2.05, 4.69) is 5.10 Å². The Kier molecular flexibility index (Phi) is 4.38. The molecule has 2 rings (SSSR count). The third kappa shape index (κ3) is 2.79. The number of allylic oxidation sites excluding steroid dienone is 4. The van der Waals surface area contributed by atoms with Gasteiger partial charge in [0.15, 0.2) is 5.78 Å². The number of aromatic amines is 1. The number of para-hydroxylation sites is 1. The van der Waals surface area contributed by atoms with Crippen molar-refractivity contribution in [2.45, 2.75) is 20.8 Å². The number of carbonyl (C=O) groups is 1. The number of rotatable bonds is 4. The number of ketones is 1. The van der Waals surface area contributed by atoms with E-state index in [0.717, 1.165) is 5.57 Å². The van der Waals surface area contributed by atoms with Crippen LogP contribution in [0.15, 0.2) is 53.4 Å². The third-order valence-corrected chi connectivity index (χ3v) is 3.30. The van der Waals surface area contributed by atoms with Gasteiger partial charge >= 0.3 is 0 Å². The molecule has 0 aliphatic carbocycles. The van der Waals surface area contributed by atoms with E-state index in [4.69, 9.17) is 0 Å². The van der Waals surface area contributed by atoms with Gasteiger partial charge in [-0.05, 0) is 44.6 Å². The van der Waals surface area contributed by atoms with Crippen molar-refractivity contribution >= 4 is 11.4 Å². The number of carbonyl (C=O) groups excluding carboxylic acids is 1. The molecular weight excluding hydrogens is 264 g/mol. The molecule has 108 valence electrons. The van der Waals surface area contributed by atoms with Gasteiger partial charge in [0.25, 0.3) is 5.56 Å². The summed E-state index contributed by atoms with van der Waals surface area (Å²) in [5.41, 5.74) is 1.96. The van der Waals surface area contributed by atoms with E-state index >= 15 is 0 Å². The molecule has 21 heavy (non-hydrogen) atoms. The van der Waals surface area contributed by atoms with Crippen molar-refractivity contribution in [3.05, 3.63) is 70.2 Å². The van der Waals surface area contributed by atoms with E-state index in [1.807, 2.05) is 50.3 Å². The van der Waals surface area contributed by atoms with E-state index in [1.54, 1.807) is 13.0 Å². The summed E-state index contributed by atoms with van der Waals surface area (Å²) in [5, 5.41) is 3.04. The highest BCUT2D eigenvalue weighted by atomic mass is 16.2. The molecule has 0 aliphatic heterocycles. The first kappa shape index (κ1) is 14.8. The third-order valence-electron chi connectivity index (χ3n) is 3.30. The molecule has 2 aromatic rings. The molecule has 0 saturated carbocycles. The van der Waals surface area contributed by atoms with Crippen molar-refractivity contribution in [3.8, 4) is 5.69 Å².